The Balaban J connectivity index is 1.39. The van der Waals surface area contributed by atoms with E-state index in [1.165, 1.54) is 6.21 Å². The molecule has 8 heteroatoms. The number of nitriles is 1. The van der Waals surface area contributed by atoms with Crippen LogP contribution in [0, 0.1) is 11.3 Å². The molecule has 0 bridgehead atoms. The molecule has 172 valence electrons. The summed E-state index contributed by atoms with van der Waals surface area (Å²) in [5.74, 6) is 0.713. The zero-order valence-electron chi connectivity index (χ0n) is 18.7. The van der Waals surface area contributed by atoms with Crippen molar-refractivity contribution in [3.8, 4) is 17.6 Å². The topological polar surface area (TPSA) is 113 Å². The van der Waals surface area contributed by atoms with E-state index >= 15 is 0 Å². The first-order valence-corrected chi connectivity index (χ1v) is 10.5. The molecule has 3 aromatic rings. The standard InChI is InChI=1S/C26H24N4O4/c1-33-23-12-8-22(9-13-23)29-25(31)14-15-26(32)30-28-17-19-6-10-24(11-7-19)34-18-21-5-3-2-4-20(21)16-27/h2-13,17H,14-15,18H2,1H3,(H,29,31)(H,30,32). The molecule has 3 rings (SSSR count). The molecule has 2 N–H and O–H groups in total. The molecular formula is C26H24N4O4. The number of carbonyl (C=O) groups is 2. The molecule has 0 aliphatic carbocycles. The van der Waals surface area contributed by atoms with Crippen molar-refractivity contribution in [1.29, 1.82) is 5.26 Å². The summed E-state index contributed by atoms with van der Waals surface area (Å²) in [7, 11) is 1.57. The number of nitrogens with zero attached hydrogens (tertiary/aromatic N) is 2. The van der Waals surface area contributed by atoms with E-state index in [0.717, 1.165) is 11.1 Å². The van der Waals surface area contributed by atoms with E-state index in [-0.39, 0.29) is 24.7 Å². The monoisotopic (exact) mass is 456 g/mol. The summed E-state index contributed by atoms with van der Waals surface area (Å²) in [4.78, 5) is 23.9. The van der Waals surface area contributed by atoms with Gasteiger partial charge in [0.1, 0.15) is 18.1 Å². The predicted molar refractivity (Wildman–Crippen MR) is 129 cm³/mol. The maximum Gasteiger partial charge on any atom is 0.240 e. The van der Waals surface area contributed by atoms with Gasteiger partial charge in [-0.15, -0.1) is 0 Å². The molecule has 0 saturated heterocycles. The first kappa shape index (κ1) is 24.0. The van der Waals surface area contributed by atoms with Gasteiger partial charge in [0.2, 0.25) is 11.8 Å². The lowest BCUT2D eigenvalue weighted by molar-refractivity contribution is -0.124. The summed E-state index contributed by atoms with van der Waals surface area (Å²) in [5.41, 5.74) is 5.21. The van der Waals surface area contributed by atoms with Gasteiger partial charge in [-0.3, -0.25) is 9.59 Å². The Labute approximate surface area is 197 Å². The van der Waals surface area contributed by atoms with Crippen LogP contribution < -0.4 is 20.2 Å². The van der Waals surface area contributed by atoms with Crippen LogP contribution in [0.25, 0.3) is 0 Å². The van der Waals surface area contributed by atoms with Crippen LogP contribution in [-0.2, 0) is 16.2 Å². The summed E-state index contributed by atoms with van der Waals surface area (Å²) in [5, 5.41) is 15.8. The predicted octanol–water partition coefficient (Wildman–Crippen LogP) is 4.01. The maximum absolute atomic E-state index is 12.0. The highest BCUT2D eigenvalue weighted by molar-refractivity contribution is 5.93. The van der Waals surface area contributed by atoms with Gasteiger partial charge in [0.15, 0.2) is 0 Å². The zero-order chi connectivity index (χ0) is 24.2. The smallest absolute Gasteiger partial charge is 0.240 e. The molecule has 34 heavy (non-hydrogen) atoms. The van der Waals surface area contributed by atoms with E-state index < -0.39 is 0 Å². The van der Waals surface area contributed by atoms with Crippen LogP contribution >= 0.6 is 0 Å². The Hall–Kier alpha value is -4.64. The molecule has 0 aliphatic heterocycles. The summed E-state index contributed by atoms with van der Waals surface area (Å²) in [6, 6.07) is 23.5. The Kier molecular flexibility index (Phi) is 8.76. The average Bonchev–Trinajstić information content (AvgIpc) is 2.87. The van der Waals surface area contributed by atoms with Crippen LogP contribution in [-0.4, -0.2) is 25.1 Å². The first-order chi connectivity index (χ1) is 16.6. The molecule has 3 aromatic carbocycles. The quantitative estimate of drug-likeness (QED) is 0.353. The number of carbonyl (C=O) groups excluding carboxylic acids is 2. The van der Waals surface area contributed by atoms with Crippen LogP contribution in [0.1, 0.15) is 29.5 Å². The van der Waals surface area contributed by atoms with E-state index in [1.807, 2.05) is 18.2 Å². The van der Waals surface area contributed by atoms with Gasteiger partial charge in [0, 0.05) is 24.1 Å². The SMILES string of the molecule is COc1ccc(NC(=O)CCC(=O)NN=Cc2ccc(OCc3ccccc3C#N)cc2)cc1. The molecule has 0 heterocycles. The summed E-state index contributed by atoms with van der Waals surface area (Å²) < 4.78 is 10.8. The van der Waals surface area contributed by atoms with Crippen molar-refractivity contribution in [1.82, 2.24) is 5.43 Å². The zero-order valence-corrected chi connectivity index (χ0v) is 18.7. The molecule has 0 atom stereocenters. The normalized spacial score (nSPS) is 10.4. The number of rotatable bonds is 10. The maximum atomic E-state index is 12.0. The number of hydrogen-bond donors (Lipinski definition) is 2. The number of ether oxygens (including phenoxy) is 2. The summed E-state index contributed by atoms with van der Waals surface area (Å²) >= 11 is 0. The number of hydrazone groups is 1. The molecule has 0 aromatic heterocycles. The van der Waals surface area contributed by atoms with Crippen LogP contribution in [0.2, 0.25) is 0 Å². The number of anilines is 1. The fraction of sp³-hybridized carbons (Fsp3) is 0.154. The molecule has 2 amide bonds. The van der Waals surface area contributed by atoms with Gasteiger partial charge in [0.25, 0.3) is 0 Å². The molecule has 0 unspecified atom stereocenters. The van der Waals surface area contributed by atoms with Gasteiger partial charge < -0.3 is 14.8 Å². The minimum atomic E-state index is -0.364. The lowest BCUT2D eigenvalue weighted by Crippen LogP contribution is -2.20. The average molecular weight is 457 g/mol. The second kappa shape index (κ2) is 12.4. The molecule has 8 nitrogen and oxygen atoms in total. The fourth-order valence-corrected chi connectivity index (χ4v) is 2.93. The van der Waals surface area contributed by atoms with E-state index in [0.29, 0.717) is 29.4 Å². The van der Waals surface area contributed by atoms with Crippen molar-refractivity contribution in [2.75, 3.05) is 12.4 Å². The molecule has 0 aliphatic rings. The molecule has 0 spiro atoms. The minimum absolute atomic E-state index is 0.0102. The third kappa shape index (κ3) is 7.50. The summed E-state index contributed by atoms with van der Waals surface area (Å²) in [6.07, 6.45) is 1.55. The molecule has 0 fully saturated rings. The van der Waals surface area contributed by atoms with Crippen molar-refractivity contribution in [3.63, 3.8) is 0 Å². The lowest BCUT2D eigenvalue weighted by atomic mass is 10.1. The van der Waals surface area contributed by atoms with E-state index in [1.54, 1.807) is 61.7 Å². The van der Waals surface area contributed by atoms with E-state index in [2.05, 4.69) is 21.9 Å². The lowest BCUT2D eigenvalue weighted by Gasteiger charge is -2.07. The summed E-state index contributed by atoms with van der Waals surface area (Å²) in [6.45, 7) is 0.291. The highest BCUT2D eigenvalue weighted by Gasteiger charge is 2.07. The van der Waals surface area contributed by atoms with Gasteiger partial charge in [-0.1, -0.05) is 18.2 Å². The van der Waals surface area contributed by atoms with Crippen molar-refractivity contribution < 1.29 is 19.1 Å². The van der Waals surface area contributed by atoms with Crippen molar-refractivity contribution in [3.05, 3.63) is 89.5 Å². The highest BCUT2D eigenvalue weighted by atomic mass is 16.5. The van der Waals surface area contributed by atoms with Crippen LogP contribution in [0.15, 0.2) is 77.9 Å². The van der Waals surface area contributed by atoms with Crippen LogP contribution in [0.5, 0.6) is 11.5 Å². The Bertz CT molecular complexity index is 1180. The van der Waals surface area contributed by atoms with Crippen molar-refractivity contribution in [2.24, 2.45) is 5.10 Å². The van der Waals surface area contributed by atoms with E-state index in [4.69, 9.17) is 14.7 Å². The van der Waals surface area contributed by atoms with Gasteiger partial charge in [-0.25, -0.2) is 5.43 Å². The van der Waals surface area contributed by atoms with Crippen LogP contribution in [0.4, 0.5) is 5.69 Å². The third-order valence-corrected chi connectivity index (χ3v) is 4.77. The molecular weight excluding hydrogens is 432 g/mol. The number of nitrogens with one attached hydrogen (secondary N) is 2. The highest BCUT2D eigenvalue weighted by Crippen LogP contribution is 2.16. The Morgan fingerprint density at radius 1 is 0.941 bits per heavy atom. The second-order valence-electron chi connectivity index (χ2n) is 7.20. The Morgan fingerprint density at radius 3 is 2.32 bits per heavy atom. The number of amides is 2. The Morgan fingerprint density at radius 2 is 1.62 bits per heavy atom. The van der Waals surface area contributed by atoms with Crippen molar-refractivity contribution >= 4 is 23.7 Å². The minimum Gasteiger partial charge on any atom is -0.497 e. The molecule has 0 radical (unpaired) electrons. The largest absolute Gasteiger partial charge is 0.497 e. The van der Waals surface area contributed by atoms with Crippen molar-refractivity contribution in [2.45, 2.75) is 19.4 Å². The van der Waals surface area contributed by atoms with Gasteiger partial charge >= 0.3 is 0 Å². The number of hydrogen-bond acceptors (Lipinski definition) is 6. The third-order valence-electron chi connectivity index (χ3n) is 4.77. The number of benzene rings is 3. The first-order valence-electron chi connectivity index (χ1n) is 10.5. The van der Waals surface area contributed by atoms with Gasteiger partial charge in [0.05, 0.1) is 25.0 Å². The van der Waals surface area contributed by atoms with E-state index in [9.17, 15) is 9.59 Å². The second-order valence-corrected chi connectivity index (χ2v) is 7.20. The van der Waals surface area contributed by atoms with Gasteiger partial charge in [-0.2, -0.15) is 10.4 Å². The molecule has 0 saturated carbocycles. The van der Waals surface area contributed by atoms with Crippen LogP contribution in [0.3, 0.4) is 0 Å². The van der Waals surface area contributed by atoms with Gasteiger partial charge in [-0.05, 0) is 60.2 Å². The number of methoxy groups -OCH3 is 1. The fourth-order valence-electron chi connectivity index (χ4n) is 2.93.